The van der Waals surface area contributed by atoms with Crippen LogP contribution in [0.1, 0.15) is 51.8 Å². The van der Waals surface area contributed by atoms with Crippen LogP contribution in [-0.2, 0) is 11.3 Å². The van der Waals surface area contributed by atoms with Crippen LogP contribution < -0.4 is 5.73 Å². The van der Waals surface area contributed by atoms with E-state index in [1.54, 1.807) is 6.20 Å². The van der Waals surface area contributed by atoms with Gasteiger partial charge in [-0.15, -0.1) is 0 Å². The van der Waals surface area contributed by atoms with Crippen LogP contribution in [0.4, 0.5) is 0 Å². The van der Waals surface area contributed by atoms with E-state index in [1.165, 1.54) is 0 Å². The molecule has 1 aliphatic heterocycles. The molecule has 1 aliphatic rings. The maximum absolute atomic E-state index is 12.4. The van der Waals surface area contributed by atoms with Gasteiger partial charge in [-0.3, -0.25) is 9.48 Å². The Morgan fingerprint density at radius 1 is 1.50 bits per heavy atom. The molecule has 1 aromatic heterocycles. The van der Waals surface area contributed by atoms with Gasteiger partial charge in [0.05, 0.1) is 11.7 Å². The molecule has 1 fully saturated rings. The van der Waals surface area contributed by atoms with Gasteiger partial charge in [-0.25, -0.2) is 0 Å². The zero-order valence-corrected chi connectivity index (χ0v) is 12.7. The van der Waals surface area contributed by atoms with Crippen LogP contribution in [0.25, 0.3) is 0 Å². The van der Waals surface area contributed by atoms with Crippen molar-refractivity contribution in [2.24, 2.45) is 11.7 Å². The molecular weight excluding hydrogens is 252 g/mol. The molecule has 0 aliphatic carbocycles. The second-order valence-corrected chi connectivity index (χ2v) is 6.01. The molecule has 2 atom stereocenters. The minimum absolute atomic E-state index is 0.0119. The van der Waals surface area contributed by atoms with Gasteiger partial charge in [-0.1, -0.05) is 13.8 Å². The summed E-state index contributed by atoms with van der Waals surface area (Å²) in [7, 11) is 0. The van der Waals surface area contributed by atoms with Crippen LogP contribution in [0.15, 0.2) is 12.3 Å². The maximum Gasteiger partial charge on any atom is 0.223 e. The van der Waals surface area contributed by atoms with Crippen molar-refractivity contribution in [2.45, 2.75) is 58.7 Å². The summed E-state index contributed by atoms with van der Waals surface area (Å²) >= 11 is 0. The third-order valence-corrected chi connectivity index (χ3v) is 3.90. The fraction of sp³-hybridized carbons (Fsp3) is 0.733. The number of hydrogen-bond donors (Lipinski definition) is 1. The Morgan fingerprint density at radius 3 is 2.90 bits per heavy atom. The average molecular weight is 278 g/mol. The predicted molar refractivity (Wildman–Crippen MR) is 79.0 cm³/mol. The highest BCUT2D eigenvalue weighted by atomic mass is 16.2. The summed E-state index contributed by atoms with van der Waals surface area (Å²) in [6.07, 6.45) is 4.18. The lowest BCUT2D eigenvalue weighted by Crippen LogP contribution is -2.44. The number of hydrogen-bond acceptors (Lipinski definition) is 3. The SMILES string of the molecule is CCn1nccc1C1C(N)CCCC(=O)N1CC(C)C. The van der Waals surface area contributed by atoms with Crippen molar-refractivity contribution in [3.05, 3.63) is 18.0 Å². The van der Waals surface area contributed by atoms with Crippen molar-refractivity contribution < 1.29 is 4.79 Å². The second-order valence-electron chi connectivity index (χ2n) is 6.01. The summed E-state index contributed by atoms with van der Waals surface area (Å²) in [6.45, 7) is 7.89. The Labute approximate surface area is 121 Å². The van der Waals surface area contributed by atoms with Crippen LogP contribution in [0.5, 0.6) is 0 Å². The van der Waals surface area contributed by atoms with E-state index in [2.05, 4.69) is 25.9 Å². The summed E-state index contributed by atoms with van der Waals surface area (Å²) < 4.78 is 1.95. The molecule has 2 rings (SSSR count). The Morgan fingerprint density at radius 2 is 2.25 bits per heavy atom. The van der Waals surface area contributed by atoms with Crippen molar-refractivity contribution >= 4 is 5.91 Å². The van der Waals surface area contributed by atoms with E-state index >= 15 is 0 Å². The number of amides is 1. The number of carbonyl (C=O) groups excluding carboxylic acids is 1. The van der Waals surface area contributed by atoms with Gasteiger partial charge in [0.1, 0.15) is 0 Å². The van der Waals surface area contributed by atoms with Gasteiger partial charge in [0.2, 0.25) is 5.91 Å². The van der Waals surface area contributed by atoms with E-state index in [4.69, 9.17) is 5.73 Å². The summed E-state index contributed by atoms with van der Waals surface area (Å²) in [5, 5.41) is 4.34. The van der Waals surface area contributed by atoms with Gasteiger partial charge in [0.25, 0.3) is 0 Å². The molecule has 2 unspecified atom stereocenters. The molecule has 20 heavy (non-hydrogen) atoms. The lowest BCUT2D eigenvalue weighted by atomic mass is 10.00. The molecular formula is C15H26N4O. The number of aromatic nitrogens is 2. The highest BCUT2D eigenvalue weighted by Gasteiger charge is 2.34. The first-order valence-corrected chi connectivity index (χ1v) is 7.61. The largest absolute Gasteiger partial charge is 0.332 e. The Balaban J connectivity index is 2.38. The lowest BCUT2D eigenvalue weighted by molar-refractivity contribution is -0.134. The van der Waals surface area contributed by atoms with Gasteiger partial charge in [-0.2, -0.15) is 5.10 Å². The third-order valence-electron chi connectivity index (χ3n) is 3.90. The highest BCUT2D eigenvalue weighted by molar-refractivity contribution is 5.77. The van der Waals surface area contributed by atoms with Gasteiger partial charge >= 0.3 is 0 Å². The fourth-order valence-corrected chi connectivity index (χ4v) is 3.02. The van der Waals surface area contributed by atoms with Crippen LogP contribution in [0, 0.1) is 5.92 Å². The van der Waals surface area contributed by atoms with Crippen molar-refractivity contribution in [1.29, 1.82) is 0 Å². The molecule has 0 spiro atoms. The zero-order chi connectivity index (χ0) is 14.7. The molecule has 0 saturated carbocycles. The monoisotopic (exact) mass is 278 g/mol. The molecule has 112 valence electrons. The van der Waals surface area contributed by atoms with Gasteiger partial charge in [-0.05, 0) is 31.7 Å². The molecule has 0 radical (unpaired) electrons. The molecule has 2 heterocycles. The summed E-state index contributed by atoms with van der Waals surface area (Å²) in [6, 6.07) is 1.94. The van der Waals surface area contributed by atoms with Crippen molar-refractivity contribution in [1.82, 2.24) is 14.7 Å². The third kappa shape index (κ3) is 3.03. The van der Waals surface area contributed by atoms with Crippen molar-refractivity contribution in [3.8, 4) is 0 Å². The first-order valence-electron chi connectivity index (χ1n) is 7.61. The number of aryl methyl sites for hydroxylation is 1. The number of nitrogens with zero attached hydrogens (tertiary/aromatic N) is 3. The summed E-state index contributed by atoms with van der Waals surface area (Å²) in [5.74, 6) is 0.658. The van der Waals surface area contributed by atoms with Crippen LogP contribution in [0.3, 0.4) is 0 Å². The standard InChI is InChI=1S/C15H26N4O/c1-4-19-13(8-9-17-19)15-12(16)6-5-7-14(20)18(15)10-11(2)3/h8-9,11-12,15H,4-7,10,16H2,1-3H3. The zero-order valence-electron chi connectivity index (χ0n) is 12.7. The number of carbonyl (C=O) groups is 1. The van der Waals surface area contributed by atoms with Crippen LogP contribution >= 0.6 is 0 Å². The second kappa shape index (κ2) is 6.39. The van der Waals surface area contributed by atoms with Crippen LogP contribution in [-0.4, -0.2) is 33.2 Å². The average Bonchev–Trinajstić information content (AvgIpc) is 2.80. The molecule has 0 bridgehead atoms. The molecule has 1 saturated heterocycles. The smallest absolute Gasteiger partial charge is 0.223 e. The van der Waals surface area contributed by atoms with E-state index in [1.807, 2.05) is 15.6 Å². The molecule has 1 amide bonds. The number of likely N-dealkylation sites (tertiary alicyclic amines) is 1. The van der Waals surface area contributed by atoms with Gasteiger partial charge in [0.15, 0.2) is 0 Å². The minimum Gasteiger partial charge on any atom is -0.332 e. The number of nitrogens with two attached hydrogens (primary N) is 1. The van der Waals surface area contributed by atoms with E-state index in [0.717, 1.165) is 31.6 Å². The molecule has 2 N–H and O–H groups in total. The Bertz CT molecular complexity index is 454. The normalized spacial score (nSPS) is 24.2. The summed E-state index contributed by atoms with van der Waals surface area (Å²) in [4.78, 5) is 14.4. The first-order chi connectivity index (χ1) is 9.54. The topological polar surface area (TPSA) is 64.2 Å². The predicted octanol–water partition coefficient (Wildman–Crippen LogP) is 1.94. The van der Waals surface area contributed by atoms with Crippen LogP contribution in [0.2, 0.25) is 0 Å². The van der Waals surface area contributed by atoms with Crippen molar-refractivity contribution in [2.75, 3.05) is 6.54 Å². The number of rotatable bonds is 4. The van der Waals surface area contributed by atoms with Gasteiger partial charge in [0, 0.05) is 31.7 Å². The lowest BCUT2D eigenvalue weighted by Gasteiger charge is -2.35. The molecule has 5 nitrogen and oxygen atoms in total. The van der Waals surface area contributed by atoms with Gasteiger partial charge < -0.3 is 10.6 Å². The summed E-state index contributed by atoms with van der Waals surface area (Å²) in [5.41, 5.74) is 7.45. The minimum atomic E-state index is -0.0464. The molecule has 1 aromatic rings. The Kier molecular flexibility index (Phi) is 4.81. The quantitative estimate of drug-likeness (QED) is 0.915. The highest BCUT2D eigenvalue weighted by Crippen LogP contribution is 2.30. The fourth-order valence-electron chi connectivity index (χ4n) is 3.02. The Hall–Kier alpha value is -1.36. The van der Waals surface area contributed by atoms with Crippen molar-refractivity contribution in [3.63, 3.8) is 0 Å². The molecule has 0 aromatic carbocycles. The van der Waals surface area contributed by atoms with E-state index in [-0.39, 0.29) is 18.0 Å². The van der Waals surface area contributed by atoms with E-state index in [0.29, 0.717) is 12.3 Å². The molecule has 5 heteroatoms. The van der Waals surface area contributed by atoms with E-state index < -0.39 is 0 Å². The maximum atomic E-state index is 12.4. The van der Waals surface area contributed by atoms with E-state index in [9.17, 15) is 4.79 Å². The first kappa shape index (κ1) is 15.0.